The van der Waals surface area contributed by atoms with E-state index in [1.807, 2.05) is 12.1 Å². The monoisotopic (exact) mass is 503 g/mol. The molecule has 0 radical (unpaired) electrons. The lowest BCUT2D eigenvalue weighted by Gasteiger charge is -2.20. The predicted octanol–water partition coefficient (Wildman–Crippen LogP) is 2.29. The first-order valence-electron chi connectivity index (χ1n) is 11.0. The van der Waals surface area contributed by atoms with E-state index in [9.17, 15) is 14.7 Å². The number of hydrogen-bond acceptors (Lipinski definition) is 9. The van der Waals surface area contributed by atoms with Gasteiger partial charge in [0.15, 0.2) is 11.5 Å². The number of aliphatic hydroxyl groups is 1. The minimum Gasteiger partial charge on any atom is -0.492 e. The van der Waals surface area contributed by atoms with Crippen LogP contribution in [-0.4, -0.2) is 65.4 Å². The van der Waals surface area contributed by atoms with E-state index >= 15 is 0 Å². The van der Waals surface area contributed by atoms with Crippen molar-refractivity contribution in [1.82, 2.24) is 5.32 Å². The number of nitrogens with one attached hydrogen (secondary N) is 1. The molecule has 4 N–H and O–H groups in total. The summed E-state index contributed by atoms with van der Waals surface area (Å²) in [6, 6.07) is 10.4. The zero-order chi connectivity index (χ0) is 24.8. The van der Waals surface area contributed by atoms with Crippen molar-refractivity contribution in [3.63, 3.8) is 0 Å². The SMILES string of the molecule is O=C(O)C1=C(C(=O)O)Oc2cc(OCCNCC(O)COc3cccc4c3SCCC4)ccc2O1. The van der Waals surface area contributed by atoms with E-state index in [4.69, 9.17) is 29.2 Å². The molecule has 2 aliphatic heterocycles. The second-order valence-electron chi connectivity index (χ2n) is 7.80. The van der Waals surface area contributed by atoms with Gasteiger partial charge in [-0.2, -0.15) is 0 Å². The van der Waals surface area contributed by atoms with E-state index in [0.717, 1.165) is 29.2 Å². The number of ether oxygens (including phenoxy) is 4. The summed E-state index contributed by atoms with van der Waals surface area (Å²) in [5.74, 6) is -2.35. The number of benzene rings is 2. The fourth-order valence-corrected chi connectivity index (χ4v) is 4.68. The van der Waals surface area contributed by atoms with Crippen LogP contribution in [0.5, 0.6) is 23.0 Å². The molecule has 2 aromatic rings. The third-order valence-corrected chi connectivity index (χ3v) is 6.43. The van der Waals surface area contributed by atoms with Gasteiger partial charge in [-0.15, -0.1) is 11.8 Å². The van der Waals surface area contributed by atoms with Gasteiger partial charge in [-0.1, -0.05) is 12.1 Å². The standard InChI is InChI=1S/C24H25NO9S/c26-15(13-32-18-5-1-3-14-4-2-10-35-22(14)18)12-25-8-9-31-16-6-7-17-19(11-16)34-21(24(29)30)20(33-17)23(27)28/h1,3,5-7,11,15,25-26H,2,4,8-10,12-13H2,(H,27,28)(H,29,30). The van der Waals surface area contributed by atoms with Gasteiger partial charge in [0.2, 0.25) is 0 Å². The summed E-state index contributed by atoms with van der Waals surface area (Å²) in [5, 5.41) is 31.6. The highest BCUT2D eigenvalue weighted by Gasteiger charge is 2.31. The fraction of sp³-hybridized carbons (Fsp3) is 0.333. The van der Waals surface area contributed by atoms with Gasteiger partial charge >= 0.3 is 11.9 Å². The zero-order valence-corrected chi connectivity index (χ0v) is 19.5. The van der Waals surface area contributed by atoms with Crippen LogP contribution in [0.1, 0.15) is 12.0 Å². The Labute approximate surface area is 205 Å². The number of rotatable bonds is 11. The topological polar surface area (TPSA) is 144 Å². The van der Waals surface area contributed by atoms with Crippen molar-refractivity contribution in [2.75, 3.05) is 32.1 Å². The Morgan fingerprint density at radius 2 is 1.83 bits per heavy atom. The highest BCUT2D eigenvalue weighted by atomic mass is 32.2. The number of thioether (sulfide) groups is 1. The summed E-state index contributed by atoms with van der Waals surface area (Å²) < 4.78 is 21.8. The first kappa shape index (κ1) is 24.7. The lowest BCUT2D eigenvalue weighted by Crippen LogP contribution is -2.33. The molecule has 10 nitrogen and oxygen atoms in total. The number of hydrogen-bond donors (Lipinski definition) is 4. The molecule has 2 aromatic carbocycles. The van der Waals surface area contributed by atoms with Gasteiger partial charge in [0.25, 0.3) is 11.5 Å². The molecule has 4 rings (SSSR count). The molecule has 1 unspecified atom stereocenters. The Hall–Kier alpha value is -3.41. The second kappa shape index (κ2) is 11.3. The molecular weight excluding hydrogens is 478 g/mol. The summed E-state index contributed by atoms with van der Waals surface area (Å²) in [4.78, 5) is 23.6. The largest absolute Gasteiger partial charge is 0.492 e. The molecule has 2 aliphatic rings. The molecule has 0 saturated carbocycles. The van der Waals surface area contributed by atoms with Crippen LogP contribution in [0.3, 0.4) is 0 Å². The third-order valence-electron chi connectivity index (χ3n) is 5.19. The summed E-state index contributed by atoms with van der Waals surface area (Å²) in [6.07, 6.45) is 1.51. The van der Waals surface area contributed by atoms with E-state index in [2.05, 4.69) is 11.4 Å². The van der Waals surface area contributed by atoms with Gasteiger partial charge in [-0.3, -0.25) is 0 Å². The smallest absolute Gasteiger partial charge is 0.376 e. The molecule has 0 aromatic heterocycles. The van der Waals surface area contributed by atoms with Crippen LogP contribution >= 0.6 is 11.8 Å². The van der Waals surface area contributed by atoms with Gasteiger partial charge in [-0.25, -0.2) is 9.59 Å². The molecule has 1 atom stereocenters. The Morgan fingerprint density at radius 1 is 1.06 bits per heavy atom. The number of fused-ring (bicyclic) bond motifs is 2. The van der Waals surface area contributed by atoms with E-state index in [0.29, 0.717) is 18.8 Å². The zero-order valence-electron chi connectivity index (χ0n) is 18.7. The second-order valence-corrected chi connectivity index (χ2v) is 8.90. The van der Waals surface area contributed by atoms with Gasteiger partial charge < -0.3 is 39.6 Å². The first-order chi connectivity index (χ1) is 16.9. The van der Waals surface area contributed by atoms with Crippen LogP contribution in [0.25, 0.3) is 0 Å². The van der Waals surface area contributed by atoms with Crippen LogP contribution in [0.4, 0.5) is 0 Å². The maximum Gasteiger partial charge on any atom is 0.376 e. The summed E-state index contributed by atoms with van der Waals surface area (Å²) in [5.41, 5.74) is 1.29. The average Bonchev–Trinajstić information content (AvgIpc) is 2.86. The lowest BCUT2D eigenvalue weighted by atomic mass is 10.1. The summed E-state index contributed by atoms with van der Waals surface area (Å²) in [7, 11) is 0. The molecule has 0 fully saturated rings. The molecule has 0 spiro atoms. The minimum atomic E-state index is -1.56. The maximum atomic E-state index is 11.3. The molecule has 35 heavy (non-hydrogen) atoms. The average molecular weight is 504 g/mol. The van der Waals surface area contributed by atoms with Crippen LogP contribution in [0.15, 0.2) is 52.8 Å². The first-order valence-corrected chi connectivity index (χ1v) is 12.0. The van der Waals surface area contributed by atoms with E-state index in [-0.39, 0.29) is 24.7 Å². The molecular formula is C24H25NO9S. The van der Waals surface area contributed by atoms with Crippen molar-refractivity contribution < 1.29 is 43.9 Å². The quantitative estimate of drug-likeness (QED) is 0.335. The minimum absolute atomic E-state index is 0.0340. The van der Waals surface area contributed by atoms with E-state index in [1.165, 1.54) is 17.7 Å². The number of aliphatic hydroxyl groups excluding tert-OH is 1. The molecule has 0 aliphatic carbocycles. The summed E-state index contributed by atoms with van der Waals surface area (Å²) >= 11 is 1.79. The number of carboxylic acid groups (broad SMARTS) is 2. The Balaban J connectivity index is 1.20. The van der Waals surface area contributed by atoms with Crippen LogP contribution in [0, 0.1) is 0 Å². The Kier molecular flexibility index (Phi) is 8.01. The molecule has 0 bridgehead atoms. The van der Waals surface area contributed by atoms with Crippen molar-refractivity contribution in [3.05, 3.63) is 53.5 Å². The number of aryl methyl sites for hydroxylation is 1. The van der Waals surface area contributed by atoms with Crippen molar-refractivity contribution in [2.24, 2.45) is 0 Å². The van der Waals surface area contributed by atoms with Crippen molar-refractivity contribution in [2.45, 2.75) is 23.8 Å². The van der Waals surface area contributed by atoms with Gasteiger partial charge in [0, 0.05) is 19.2 Å². The predicted molar refractivity (Wildman–Crippen MR) is 125 cm³/mol. The molecule has 0 amide bonds. The lowest BCUT2D eigenvalue weighted by molar-refractivity contribution is -0.140. The van der Waals surface area contributed by atoms with E-state index in [1.54, 1.807) is 17.8 Å². The van der Waals surface area contributed by atoms with Gasteiger partial charge in [0.1, 0.15) is 30.8 Å². The Bertz CT molecular complexity index is 1130. The number of carboxylic acids is 2. The fourth-order valence-electron chi connectivity index (χ4n) is 3.56. The van der Waals surface area contributed by atoms with Crippen LogP contribution < -0.4 is 24.3 Å². The van der Waals surface area contributed by atoms with Crippen LogP contribution in [0.2, 0.25) is 0 Å². The summed E-state index contributed by atoms with van der Waals surface area (Å²) in [6.45, 7) is 1.19. The normalized spacial score (nSPS) is 15.2. The third kappa shape index (κ3) is 6.18. The van der Waals surface area contributed by atoms with Crippen molar-refractivity contribution >= 4 is 23.7 Å². The van der Waals surface area contributed by atoms with E-state index < -0.39 is 29.6 Å². The molecule has 0 saturated heterocycles. The van der Waals surface area contributed by atoms with Crippen LogP contribution in [-0.2, 0) is 16.0 Å². The van der Waals surface area contributed by atoms with Gasteiger partial charge in [0.05, 0.1) is 4.90 Å². The highest BCUT2D eigenvalue weighted by Crippen LogP contribution is 2.38. The number of carbonyl (C=O) groups is 2. The molecule has 11 heteroatoms. The van der Waals surface area contributed by atoms with Gasteiger partial charge in [-0.05, 0) is 42.4 Å². The molecule has 2 heterocycles. The van der Waals surface area contributed by atoms with Crippen molar-refractivity contribution in [3.8, 4) is 23.0 Å². The van der Waals surface area contributed by atoms with Crippen molar-refractivity contribution in [1.29, 1.82) is 0 Å². The number of aliphatic carboxylic acids is 2. The molecule has 186 valence electrons. The highest BCUT2D eigenvalue weighted by molar-refractivity contribution is 7.99. The Morgan fingerprint density at radius 3 is 2.60 bits per heavy atom. The maximum absolute atomic E-state index is 11.3.